The third kappa shape index (κ3) is 3.47. The lowest BCUT2D eigenvalue weighted by Gasteiger charge is -2.19. The van der Waals surface area contributed by atoms with E-state index in [0.29, 0.717) is 11.3 Å². The fourth-order valence-electron chi connectivity index (χ4n) is 2.33. The average Bonchev–Trinajstić information content (AvgIpc) is 2.74. The van der Waals surface area contributed by atoms with E-state index in [2.05, 4.69) is 0 Å². The average molecular weight is 303 g/mol. The van der Waals surface area contributed by atoms with Gasteiger partial charge in [0.1, 0.15) is 17.9 Å². The summed E-state index contributed by atoms with van der Waals surface area (Å²) in [5.74, 6) is 0.279. The Bertz CT molecular complexity index is 722. The molecule has 0 bridgehead atoms. The number of methoxy groups -OCH3 is 1. The Balaban J connectivity index is 2.42. The van der Waals surface area contributed by atoms with Gasteiger partial charge in [0, 0.05) is 22.7 Å². The van der Waals surface area contributed by atoms with Crippen LogP contribution in [-0.2, 0) is 16.1 Å². The quantitative estimate of drug-likeness (QED) is 0.643. The fraction of sp³-hybridized carbons (Fsp3) is 0.412. The van der Waals surface area contributed by atoms with Gasteiger partial charge in [-0.05, 0) is 45.9 Å². The summed E-state index contributed by atoms with van der Waals surface area (Å²) in [6, 6.07) is 5.44. The van der Waals surface area contributed by atoms with Gasteiger partial charge in [-0.1, -0.05) is 0 Å². The molecule has 0 saturated carbocycles. The molecule has 0 atom stereocenters. The van der Waals surface area contributed by atoms with E-state index in [0.717, 1.165) is 10.9 Å². The van der Waals surface area contributed by atoms with Crippen LogP contribution in [0.3, 0.4) is 0 Å². The Morgan fingerprint density at radius 1 is 1.23 bits per heavy atom. The van der Waals surface area contributed by atoms with E-state index in [-0.39, 0.29) is 18.3 Å². The lowest BCUT2D eigenvalue weighted by Crippen LogP contribution is -2.26. The molecule has 22 heavy (non-hydrogen) atoms. The van der Waals surface area contributed by atoms with Crippen LogP contribution in [-0.4, -0.2) is 29.0 Å². The number of carbonyl (C=O) groups is 2. The highest BCUT2D eigenvalue weighted by Crippen LogP contribution is 2.26. The topological polar surface area (TPSA) is 57.5 Å². The zero-order valence-corrected chi connectivity index (χ0v) is 13.6. The molecule has 0 spiro atoms. The maximum atomic E-state index is 12.0. The summed E-state index contributed by atoms with van der Waals surface area (Å²) < 4.78 is 12.3. The molecule has 0 radical (unpaired) electrons. The Kier molecular flexibility index (Phi) is 4.26. The van der Waals surface area contributed by atoms with Crippen molar-refractivity contribution in [2.24, 2.45) is 0 Å². The number of esters is 1. The van der Waals surface area contributed by atoms with Crippen molar-refractivity contribution in [2.75, 3.05) is 7.11 Å². The van der Waals surface area contributed by atoms with E-state index < -0.39 is 5.60 Å². The number of rotatable bonds is 4. The summed E-state index contributed by atoms with van der Waals surface area (Å²) in [4.78, 5) is 23.8. The van der Waals surface area contributed by atoms with Crippen LogP contribution < -0.4 is 4.74 Å². The molecule has 5 nitrogen and oxygen atoms in total. The smallest absolute Gasteiger partial charge is 0.326 e. The van der Waals surface area contributed by atoms with Crippen molar-refractivity contribution >= 4 is 22.7 Å². The lowest BCUT2D eigenvalue weighted by atomic mass is 10.1. The number of fused-ring (bicyclic) bond motifs is 1. The van der Waals surface area contributed by atoms with E-state index in [4.69, 9.17) is 9.47 Å². The summed E-state index contributed by atoms with van der Waals surface area (Å²) in [5, 5.41) is 0.774. The van der Waals surface area contributed by atoms with Crippen molar-refractivity contribution in [1.82, 2.24) is 4.57 Å². The summed E-state index contributed by atoms with van der Waals surface area (Å²) in [5.41, 5.74) is 0.835. The maximum absolute atomic E-state index is 12.0. The molecule has 0 fully saturated rings. The molecule has 0 saturated heterocycles. The predicted molar refractivity (Wildman–Crippen MR) is 84.3 cm³/mol. The van der Waals surface area contributed by atoms with Gasteiger partial charge in [-0.15, -0.1) is 0 Å². The molecule has 1 heterocycles. The summed E-state index contributed by atoms with van der Waals surface area (Å²) in [6.45, 7) is 7.04. The first-order valence-corrected chi connectivity index (χ1v) is 7.11. The van der Waals surface area contributed by atoms with Crippen LogP contribution in [0.4, 0.5) is 0 Å². The molecule has 2 aromatic rings. The van der Waals surface area contributed by atoms with E-state index in [1.807, 2.05) is 26.8 Å². The van der Waals surface area contributed by atoms with Gasteiger partial charge in [-0.2, -0.15) is 0 Å². The third-order valence-corrected chi connectivity index (χ3v) is 3.19. The monoisotopic (exact) mass is 303 g/mol. The van der Waals surface area contributed by atoms with Crippen molar-refractivity contribution in [3.63, 3.8) is 0 Å². The Morgan fingerprint density at radius 2 is 1.91 bits per heavy atom. The fourth-order valence-corrected chi connectivity index (χ4v) is 2.33. The molecule has 0 unspecified atom stereocenters. The second kappa shape index (κ2) is 5.83. The normalized spacial score (nSPS) is 11.5. The highest BCUT2D eigenvalue weighted by molar-refractivity contribution is 6.07. The van der Waals surface area contributed by atoms with Crippen molar-refractivity contribution in [3.8, 4) is 5.75 Å². The van der Waals surface area contributed by atoms with Crippen LogP contribution in [0.25, 0.3) is 10.9 Å². The van der Waals surface area contributed by atoms with E-state index in [1.54, 1.807) is 30.0 Å². The van der Waals surface area contributed by atoms with Crippen LogP contribution in [0.1, 0.15) is 38.1 Å². The van der Waals surface area contributed by atoms with Gasteiger partial charge in [0.25, 0.3) is 0 Å². The Morgan fingerprint density at radius 3 is 2.45 bits per heavy atom. The van der Waals surface area contributed by atoms with Crippen molar-refractivity contribution in [1.29, 1.82) is 0 Å². The first kappa shape index (κ1) is 16.1. The second-order valence-electron chi connectivity index (χ2n) is 6.20. The van der Waals surface area contributed by atoms with Gasteiger partial charge in [-0.3, -0.25) is 9.59 Å². The number of nitrogens with zero attached hydrogens (tertiary/aromatic N) is 1. The summed E-state index contributed by atoms with van der Waals surface area (Å²) in [6.07, 6.45) is 1.69. The van der Waals surface area contributed by atoms with Crippen LogP contribution in [0.2, 0.25) is 0 Å². The lowest BCUT2D eigenvalue weighted by molar-refractivity contribution is -0.155. The summed E-state index contributed by atoms with van der Waals surface area (Å²) >= 11 is 0. The highest BCUT2D eigenvalue weighted by atomic mass is 16.6. The first-order chi connectivity index (χ1) is 10.2. The Hall–Kier alpha value is -2.30. The number of ketones is 1. The van der Waals surface area contributed by atoms with Crippen molar-refractivity contribution in [2.45, 2.75) is 39.8 Å². The SMILES string of the molecule is COc1ccc2c(c1)c(C(C)=O)cn2CC(=O)OC(C)(C)C. The molecular weight excluding hydrogens is 282 g/mol. The molecule has 1 aromatic heterocycles. The third-order valence-electron chi connectivity index (χ3n) is 3.19. The van der Waals surface area contributed by atoms with E-state index >= 15 is 0 Å². The van der Waals surface area contributed by atoms with Gasteiger partial charge in [-0.25, -0.2) is 0 Å². The van der Waals surface area contributed by atoms with E-state index in [1.165, 1.54) is 6.92 Å². The molecule has 0 N–H and O–H groups in total. The van der Waals surface area contributed by atoms with Crippen molar-refractivity contribution in [3.05, 3.63) is 30.0 Å². The second-order valence-corrected chi connectivity index (χ2v) is 6.20. The number of aromatic nitrogens is 1. The van der Waals surface area contributed by atoms with Crippen LogP contribution >= 0.6 is 0 Å². The highest BCUT2D eigenvalue weighted by Gasteiger charge is 2.19. The van der Waals surface area contributed by atoms with Crippen LogP contribution in [0.5, 0.6) is 5.75 Å². The van der Waals surface area contributed by atoms with Crippen LogP contribution in [0, 0.1) is 0 Å². The molecule has 5 heteroatoms. The predicted octanol–water partition coefficient (Wildman–Crippen LogP) is 3.19. The minimum Gasteiger partial charge on any atom is -0.497 e. The van der Waals surface area contributed by atoms with E-state index in [9.17, 15) is 9.59 Å². The molecule has 1 aromatic carbocycles. The zero-order valence-electron chi connectivity index (χ0n) is 13.6. The van der Waals surface area contributed by atoms with Gasteiger partial charge in [0.15, 0.2) is 5.78 Å². The molecule has 0 aliphatic carbocycles. The zero-order chi connectivity index (χ0) is 16.5. The molecule has 0 aliphatic rings. The number of hydrogen-bond donors (Lipinski definition) is 0. The number of hydrogen-bond acceptors (Lipinski definition) is 4. The molecule has 118 valence electrons. The first-order valence-electron chi connectivity index (χ1n) is 7.11. The largest absolute Gasteiger partial charge is 0.497 e. The van der Waals surface area contributed by atoms with Gasteiger partial charge < -0.3 is 14.0 Å². The maximum Gasteiger partial charge on any atom is 0.326 e. The standard InChI is InChI=1S/C17H21NO4/c1-11(19)14-9-18(10-16(20)22-17(2,3)4)15-7-6-12(21-5)8-13(14)15/h6-9H,10H2,1-5H3. The number of carbonyl (C=O) groups excluding carboxylic acids is 2. The minimum atomic E-state index is -0.535. The number of ether oxygens (including phenoxy) is 2. The molecule has 0 amide bonds. The molecule has 2 rings (SSSR count). The number of benzene rings is 1. The minimum absolute atomic E-state index is 0.0545. The van der Waals surface area contributed by atoms with Gasteiger partial charge in [0.05, 0.1) is 7.11 Å². The Labute approximate surface area is 129 Å². The molecule has 0 aliphatic heterocycles. The van der Waals surface area contributed by atoms with Gasteiger partial charge >= 0.3 is 5.97 Å². The van der Waals surface area contributed by atoms with Gasteiger partial charge in [0.2, 0.25) is 0 Å². The van der Waals surface area contributed by atoms with Crippen LogP contribution in [0.15, 0.2) is 24.4 Å². The molecular formula is C17H21NO4. The van der Waals surface area contributed by atoms with Crippen molar-refractivity contribution < 1.29 is 19.1 Å². The number of Topliss-reactive ketones (excluding diaryl/α,β-unsaturated/α-hetero) is 1. The summed E-state index contributed by atoms with van der Waals surface area (Å²) in [7, 11) is 1.58.